The smallest absolute Gasteiger partial charge is 0.165 e. The Balaban J connectivity index is 1.12. The molecule has 0 spiro atoms. The van der Waals surface area contributed by atoms with Gasteiger partial charge in [0.2, 0.25) is 0 Å². The van der Waals surface area contributed by atoms with Crippen molar-refractivity contribution in [2.45, 2.75) is 12.0 Å². The number of hydrogen-bond acceptors (Lipinski definition) is 6. The molecule has 12 rings (SSSR count). The minimum atomic E-state index is -0.0799. The van der Waals surface area contributed by atoms with Crippen LogP contribution in [0.5, 0.6) is 5.75 Å². The number of rotatable bonds is 4. The first-order chi connectivity index (χ1) is 27.2. The Labute approximate surface area is 319 Å². The molecule has 0 N–H and O–H groups in total. The molecule has 5 nitrogen and oxygen atoms in total. The normalized spacial score (nSPS) is 16.2. The highest BCUT2D eigenvalue weighted by Gasteiger charge is 2.38. The van der Waals surface area contributed by atoms with Crippen molar-refractivity contribution in [2.24, 2.45) is 0 Å². The molecule has 2 unspecified atom stereocenters. The fraction of sp³-hybridized carbons (Fsp3) is 0.0408. The van der Waals surface area contributed by atoms with Gasteiger partial charge in [-0.15, -0.1) is 11.3 Å². The first kappa shape index (κ1) is 30.6. The number of benzene rings is 7. The summed E-state index contributed by atoms with van der Waals surface area (Å²) in [7, 11) is 0. The summed E-state index contributed by atoms with van der Waals surface area (Å²) in [5, 5.41) is 6.73. The molecule has 2 atom stereocenters. The minimum Gasteiger partial charge on any atom is -0.485 e. The lowest BCUT2D eigenvalue weighted by Gasteiger charge is -2.23. The lowest BCUT2D eigenvalue weighted by atomic mass is 9.80. The van der Waals surface area contributed by atoms with E-state index in [-0.39, 0.29) is 12.0 Å². The van der Waals surface area contributed by atoms with Crippen LogP contribution in [0.2, 0.25) is 0 Å². The van der Waals surface area contributed by atoms with E-state index in [4.69, 9.17) is 24.1 Å². The number of furan rings is 1. The molecule has 6 heteroatoms. The molecule has 0 saturated carbocycles. The van der Waals surface area contributed by atoms with Crippen LogP contribution in [0.25, 0.3) is 92.6 Å². The van der Waals surface area contributed by atoms with Crippen molar-refractivity contribution in [3.63, 3.8) is 0 Å². The Morgan fingerprint density at radius 2 is 1.31 bits per heavy atom. The zero-order valence-corrected chi connectivity index (χ0v) is 30.1. The number of nitrogens with zero attached hydrogens (tertiary/aromatic N) is 3. The highest BCUT2D eigenvalue weighted by atomic mass is 32.1. The van der Waals surface area contributed by atoms with Gasteiger partial charge in [-0.05, 0) is 58.8 Å². The third-order valence-corrected chi connectivity index (χ3v) is 12.3. The molecule has 0 saturated heterocycles. The van der Waals surface area contributed by atoms with Gasteiger partial charge < -0.3 is 9.15 Å². The maximum Gasteiger partial charge on any atom is 0.165 e. The average Bonchev–Trinajstić information content (AvgIpc) is 3.95. The molecule has 10 aromatic rings. The first-order valence-electron chi connectivity index (χ1n) is 18.5. The van der Waals surface area contributed by atoms with Crippen molar-refractivity contribution in [1.82, 2.24) is 15.0 Å². The van der Waals surface area contributed by atoms with Gasteiger partial charge in [-0.25, -0.2) is 15.0 Å². The van der Waals surface area contributed by atoms with E-state index in [9.17, 15) is 0 Å². The van der Waals surface area contributed by atoms with Crippen LogP contribution in [-0.2, 0) is 0 Å². The summed E-state index contributed by atoms with van der Waals surface area (Å²) < 4.78 is 15.7. The number of allylic oxidation sites excluding steroid dienone is 2. The van der Waals surface area contributed by atoms with Crippen LogP contribution in [0.15, 0.2) is 168 Å². The fourth-order valence-corrected chi connectivity index (χ4v) is 9.81. The van der Waals surface area contributed by atoms with Crippen molar-refractivity contribution in [3.05, 3.63) is 175 Å². The first-order valence-corrected chi connectivity index (χ1v) is 19.3. The number of hydrogen-bond donors (Lipinski definition) is 0. The molecule has 0 amide bonds. The number of para-hydroxylation sites is 2. The summed E-state index contributed by atoms with van der Waals surface area (Å²) in [5.41, 5.74) is 7.83. The van der Waals surface area contributed by atoms with E-state index in [1.54, 1.807) is 11.3 Å². The molecule has 258 valence electrons. The predicted molar refractivity (Wildman–Crippen MR) is 225 cm³/mol. The van der Waals surface area contributed by atoms with Gasteiger partial charge >= 0.3 is 0 Å². The predicted octanol–water partition coefficient (Wildman–Crippen LogP) is 12.8. The molecule has 7 aromatic carbocycles. The van der Waals surface area contributed by atoms with Gasteiger partial charge in [-0.2, -0.15) is 0 Å². The molecule has 1 aliphatic heterocycles. The van der Waals surface area contributed by atoms with Crippen molar-refractivity contribution in [2.75, 3.05) is 0 Å². The topological polar surface area (TPSA) is 61.0 Å². The van der Waals surface area contributed by atoms with Crippen molar-refractivity contribution < 1.29 is 9.15 Å². The molecular formula is C49H29N3O2S. The second kappa shape index (κ2) is 11.8. The third-order valence-electron chi connectivity index (χ3n) is 11.1. The fourth-order valence-electron chi connectivity index (χ4n) is 8.60. The van der Waals surface area contributed by atoms with E-state index in [2.05, 4.69) is 146 Å². The van der Waals surface area contributed by atoms with Crippen molar-refractivity contribution in [3.8, 4) is 39.9 Å². The van der Waals surface area contributed by atoms with Gasteiger partial charge in [-0.3, -0.25) is 0 Å². The third kappa shape index (κ3) is 4.68. The van der Waals surface area contributed by atoms with Gasteiger partial charge in [0.25, 0.3) is 0 Å². The monoisotopic (exact) mass is 723 g/mol. The summed E-state index contributed by atoms with van der Waals surface area (Å²) in [6.45, 7) is 0. The molecule has 4 heterocycles. The average molecular weight is 724 g/mol. The molecule has 2 aliphatic rings. The summed E-state index contributed by atoms with van der Waals surface area (Å²) in [4.78, 5) is 15.9. The highest BCUT2D eigenvalue weighted by Crippen LogP contribution is 2.50. The Morgan fingerprint density at radius 3 is 2.25 bits per heavy atom. The molecule has 0 radical (unpaired) electrons. The van der Waals surface area contributed by atoms with Crippen LogP contribution in [0.3, 0.4) is 0 Å². The number of thiophene rings is 1. The zero-order valence-electron chi connectivity index (χ0n) is 29.3. The highest BCUT2D eigenvalue weighted by molar-refractivity contribution is 7.26. The zero-order chi connectivity index (χ0) is 36.0. The van der Waals surface area contributed by atoms with Crippen molar-refractivity contribution >= 4 is 69.8 Å². The quantitative estimate of drug-likeness (QED) is 0.181. The molecular weight excluding hydrogens is 695 g/mol. The molecule has 0 fully saturated rings. The van der Waals surface area contributed by atoms with Gasteiger partial charge in [0.05, 0.1) is 5.92 Å². The van der Waals surface area contributed by atoms with E-state index >= 15 is 0 Å². The van der Waals surface area contributed by atoms with Crippen LogP contribution in [0.4, 0.5) is 0 Å². The van der Waals surface area contributed by atoms with Crippen molar-refractivity contribution in [1.29, 1.82) is 0 Å². The standard InChI is InChI=1S/C49H29N3O2S/c1-2-12-29-27-30(24-23-28(29)11-1)47-50-48(52-49(51-47)38-18-9-17-34-31-13-5-8-22-42(31)55-46(34)38)37-26-25-33(45-44(37)36-15-4-7-20-40(36)54-45)32-16-10-21-41-43(32)35-14-3-6-19-39(35)53-41/h1-27,41,43H. The SMILES string of the molecule is C1=CC2Oc3ccccc3C2C(c2ccc(-c3nc(-c4ccc5ccccc5c4)nc(-c4cccc5c4sc4ccccc45)n3)c3c2oc2ccccc23)=C1. The lowest BCUT2D eigenvalue weighted by Crippen LogP contribution is -2.19. The molecule has 1 aliphatic carbocycles. The van der Waals surface area contributed by atoms with E-state index < -0.39 is 0 Å². The Kier molecular flexibility index (Phi) is 6.56. The van der Waals surface area contributed by atoms with Crippen LogP contribution in [-0.4, -0.2) is 21.1 Å². The van der Waals surface area contributed by atoms with Crippen LogP contribution >= 0.6 is 11.3 Å². The largest absolute Gasteiger partial charge is 0.485 e. The van der Waals surface area contributed by atoms with E-state index in [1.165, 1.54) is 26.4 Å². The van der Waals surface area contributed by atoms with Gasteiger partial charge in [0, 0.05) is 58.8 Å². The lowest BCUT2D eigenvalue weighted by molar-refractivity contribution is 0.271. The maximum atomic E-state index is 6.83. The summed E-state index contributed by atoms with van der Waals surface area (Å²) in [6, 6.07) is 50.8. The van der Waals surface area contributed by atoms with Gasteiger partial charge in [0.1, 0.15) is 23.0 Å². The van der Waals surface area contributed by atoms with Gasteiger partial charge in [0.15, 0.2) is 17.5 Å². The molecule has 55 heavy (non-hydrogen) atoms. The van der Waals surface area contributed by atoms with Crippen LogP contribution in [0, 0.1) is 0 Å². The van der Waals surface area contributed by atoms with Crippen LogP contribution in [0.1, 0.15) is 17.0 Å². The van der Waals surface area contributed by atoms with E-state index in [1.807, 2.05) is 18.2 Å². The molecule has 0 bridgehead atoms. The Hall–Kier alpha value is -6.89. The van der Waals surface area contributed by atoms with Crippen LogP contribution < -0.4 is 4.74 Å². The summed E-state index contributed by atoms with van der Waals surface area (Å²) >= 11 is 1.78. The minimum absolute atomic E-state index is 0.0496. The van der Waals surface area contributed by atoms with E-state index in [0.717, 1.165) is 65.6 Å². The summed E-state index contributed by atoms with van der Waals surface area (Å²) in [5.74, 6) is 2.84. The maximum absolute atomic E-state index is 6.83. The number of aromatic nitrogens is 3. The Bertz CT molecular complexity index is 3280. The number of ether oxygens (including phenoxy) is 1. The van der Waals surface area contributed by atoms with E-state index in [0.29, 0.717) is 17.5 Å². The second-order valence-corrected chi connectivity index (χ2v) is 15.3. The summed E-state index contributed by atoms with van der Waals surface area (Å²) in [6.07, 6.45) is 6.38. The molecule has 3 aromatic heterocycles. The number of fused-ring (bicyclic) bond motifs is 10. The Morgan fingerprint density at radius 1 is 0.564 bits per heavy atom. The second-order valence-electron chi connectivity index (χ2n) is 14.2. The van der Waals surface area contributed by atoms with Gasteiger partial charge in [-0.1, -0.05) is 121 Å².